The third-order valence-corrected chi connectivity index (χ3v) is 4.02. The Balaban J connectivity index is 2.03. The summed E-state index contributed by atoms with van der Waals surface area (Å²) in [6.45, 7) is 8.26. The number of rotatable bonds is 5. The molecule has 1 aliphatic heterocycles. The van der Waals surface area contributed by atoms with Gasteiger partial charge in [0.2, 0.25) is 5.91 Å². The minimum atomic E-state index is -0.458. The van der Waals surface area contributed by atoms with E-state index in [2.05, 4.69) is 10.2 Å². The Morgan fingerprint density at radius 3 is 2.50 bits per heavy atom. The van der Waals surface area contributed by atoms with Gasteiger partial charge in [-0.1, -0.05) is 0 Å². The van der Waals surface area contributed by atoms with Gasteiger partial charge in [-0.05, 0) is 26.7 Å². The monoisotopic (exact) mass is 255 g/mol. The maximum absolute atomic E-state index is 12.7. The summed E-state index contributed by atoms with van der Waals surface area (Å²) >= 11 is 0. The molecule has 0 atom stereocenters. The van der Waals surface area contributed by atoms with Gasteiger partial charge >= 0.3 is 0 Å². The highest BCUT2D eigenvalue weighted by molar-refractivity contribution is 5.86. The molecule has 2 aliphatic rings. The van der Waals surface area contributed by atoms with Gasteiger partial charge in [0.15, 0.2) is 0 Å². The molecule has 0 aromatic heterocycles. The molecule has 0 radical (unpaired) electrons. The van der Waals surface area contributed by atoms with Crippen LogP contribution < -0.4 is 5.32 Å². The number of aliphatic hydroxyl groups is 1. The van der Waals surface area contributed by atoms with Gasteiger partial charge in [-0.25, -0.2) is 0 Å². The smallest absolute Gasteiger partial charge is 0.242 e. The fraction of sp³-hybridized carbons (Fsp3) is 0.923. The normalized spacial score (nSPS) is 21.9. The number of aliphatic hydroxyl groups excluding tert-OH is 1. The fourth-order valence-electron chi connectivity index (χ4n) is 2.65. The first kappa shape index (κ1) is 13.8. The zero-order valence-electron chi connectivity index (χ0n) is 11.5. The molecule has 5 nitrogen and oxygen atoms in total. The first-order chi connectivity index (χ1) is 8.57. The molecule has 0 unspecified atom stereocenters. The number of piperazine rings is 1. The van der Waals surface area contributed by atoms with Crippen molar-refractivity contribution in [3.05, 3.63) is 0 Å². The van der Waals surface area contributed by atoms with E-state index in [9.17, 15) is 4.79 Å². The van der Waals surface area contributed by atoms with Crippen LogP contribution in [0.3, 0.4) is 0 Å². The van der Waals surface area contributed by atoms with E-state index in [-0.39, 0.29) is 12.5 Å². The first-order valence-corrected chi connectivity index (χ1v) is 6.95. The number of nitrogens with one attached hydrogen (secondary N) is 1. The van der Waals surface area contributed by atoms with Crippen molar-refractivity contribution >= 4 is 5.91 Å². The van der Waals surface area contributed by atoms with Crippen LogP contribution in [-0.2, 0) is 4.79 Å². The lowest BCUT2D eigenvalue weighted by Crippen LogP contribution is -2.61. The van der Waals surface area contributed by atoms with Crippen LogP contribution in [0, 0.1) is 0 Å². The van der Waals surface area contributed by atoms with Crippen molar-refractivity contribution in [1.82, 2.24) is 15.1 Å². The molecule has 0 aromatic rings. The van der Waals surface area contributed by atoms with E-state index in [1.807, 2.05) is 18.7 Å². The number of hydrogen-bond acceptors (Lipinski definition) is 4. The summed E-state index contributed by atoms with van der Waals surface area (Å²) in [5.41, 5.74) is -0.458. The molecule has 5 heteroatoms. The van der Waals surface area contributed by atoms with Crippen LogP contribution in [0.15, 0.2) is 0 Å². The molecule has 0 spiro atoms. The van der Waals surface area contributed by atoms with E-state index >= 15 is 0 Å². The lowest BCUT2D eigenvalue weighted by Gasteiger charge is -2.42. The SMILES string of the molecule is CC(C)(C(=O)N(CCO)C1CC1)N1CCNCC1. The van der Waals surface area contributed by atoms with Crippen molar-refractivity contribution in [2.75, 3.05) is 39.3 Å². The first-order valence-electron chi connectivity index (χ1n) is 6.95. The van der Waals surface area contributed by atoms with E-state index < -0.39 is 5.54 Å². The molecule has 2 fully saturated rings. The molecule has 1 heterocycles. The Kier molecular flexibility index (Phi) is 4.25. The highest BCUT2D eigenvalue weighted by Gasteiger charge is 2.42. The van der Waals surface area contributed by atoms with Gasteiger partial charge in [-0.3, -0.25) is 9.69 Å². The largest absolute Gasteiger partial charge is 0.395 e. The second-order valence-electron chi connectivity index (χ2n) is 5.75. The molecule has 18 heavy (non-hydrogen) atoms. The summed E-state index contributed by atoms with van der Waals surface area (Å²) in [5.74, 6) is 0.168. The zero-order chi connectivity index (χ0) is 13.2. The van der Waals surface area contributed by atoms with Gasteiger partial charge in [0.1, 0.15) is 0 Å². The number of hydrogen-bond donors (Lipinski definition) is 2. The van der Waals surface area contributed by atoms with E-state index in [1.54, 1.807) is 0 Å². The van der Waals surface area contributed by atoms with Crippen LogP contribution in [0.1, 0.15) is 26.7 Å². The summed E-state index contributed by atoms with van der Waals surface area (Å²) in [6.07, 6.45) is 2.17. The van der Waals surface area contributed by atoms with Gasteiger partial charge in [0.25, 0.3) is 0 Å². The van der Waals surface area contributed by atoms with Gasteiger partial charge < -0.3 is 15.3 Å². The van der Waals surface area contributed by atoms with E-state index in [0.29, 0.717) is 12.6 Å². The topological polar surface area (TPSA) is 55.8 Å². The fourth-order valence-corrected chi connectivity index (χ4v) is 2.65. The van der Waals surface area contributed by atoms with Crippen molar-refractivity contribution in [2.45, 2.75) is 38.3 Å². The highest BCUT2D eigenvalue weighted by atomic mass is 16.3. The van der Waals surface area contributed by atoms with Crippen molar-refractivity contribution < 1.29 is 9.90 Å². The lowest BCUT2D eigenvalue weighted by atomic mass is 9.99. The van der Waals surface area contributed by atoms with Crippen LogP contribution >= 0.6 is 0 Å². The van der Waals surface area contributed by atoms with Gasteiger partial charge in [-0.15, -0.1) is 0 Å². The van der Waals surface area contributed by atoms with Gasteiger partial charge in [-0.2, -0.15) is 0 Å². The Hall–Kier alpha value is -0.650. The molecular weight excluding hydrogens is 230 g/mol. The summed E-state index contributed by atoms with van der Waals surface area (Å²) < 4.78 is 0. The number of carbonyl (C=O) groups excluding carboxylic acids is 1. The molecular formula is C13H25N3O2. The maximum atomic E-state index is 12.7. The summed E-state index contributed by atoms with van der Waals surface area (Å²) in [6, 6.07) is 0.367. The Morgan fingerprint density at radius 2 is 2.00 bits per heavy atom. The molecule has 1 amide bonds. The Bertz CT molecular complexity index is 297. The van der Waals surface area contributed by atoms with Crippen LogP contribution in [-0.4, -0.2) is 71.7 Å². The minimum Gasteiger partial charge on any atom is -0.395 e. The van der Waals surface area contributed by atoms with Crippen LogP contribution in [0.4, 0.5) is 0 Å². The van der Waals surface area contributed by atoms with Crippen molar-refractivity contribution in [1.29, 1.82) is 0 Å². The second-order valence-corrected chi connectivity index (χ2v) is 5.75. The highest BCUT2D eigenvalue weighted by Crippen LogP contribution is 2.30. The van der Waals surface area contributed by atoms with E-state index in [4.69, 9.17) is 5.11 Å². The molecule has 0 bridgehead atoms. The predicted molar refractivity (Wildman–Crippen MR) is 70.3 cm³/mol. The Morgan fingerprint density at radius 1 is 1.39 bits per heavy atom. The number of amides is 1. The molecule has 0 aromatic carbocycles. The number of nitrogens with zero attached hydrogens (tertiary/aromatic N) is 2. The average Bonchev–Trinajstić information content (AvgIpc) is 3.20. The van der Waals surface area contributed by atoms with Gasteiger partial charge in [0, 0.05) is 38.8 Å². The minimum absolute atomic E-state index is 0.0554. The third-order valence-electron chi connectivity index (χ3n) is 4.02. The lowest BCUT2D eigenvalue weighted by molar-refractivity contribution is -0.144. The van der Waals surface area contributed by atoms with E-state index in [1.165, 1.54) is 0 Å². The van der Waals surface area contributed by atoms with E-state index in [0.717, 1.165) is 39.0 Å². The molecule has 104 valence electrons. The molecule has 1 saturated carbocycles. The standard InChI is InChI=1S/C13H25N3O2/c1-13(2,15-7-5-14-6-8-15)12(18)16(9-10-17)11-3-4-11/h11,14,17H,3-10H2,1-2H3. The Labute approximate surface area is 109 Å². The van der Waals surface area contributed by atoms with Crippen molar-refractivity contribution in [3.63, 3.8) is 0 Å². The number of carbonyl (C=O) groups is 1. The molecule has 2 rings (SSSR count). The van der Waals surface area contributed by atoms with Crippen LogP contribution in [0.25, 0.3) is 0 Å². The van der Waals surface area contributed by atoms with Crippen LogP contribution in [0.2, 0.25) is 0 Å². The third kappa shape index (κ3) is 2.84. The van der Waals surface area contributed by atoms with Crippen LogP contribution in [0.5, 0.6) is 0 Å². The van der Waals surface area contributed by atoms with Crippen molar-refractivity contribution in [3.8, 4) is 0 Å². The van der Waals surface area contributed by atoms with Crippen molar-refractivity contribution in [2.24, 2.45) is 0 Å². The maximum Gasteiger partial charge on any atom is 0.242 e. The summed E-state index contributed by atoms with van der Waals surface area (Å²) in [5, 5.41) is 12.4. The average molecular weight is 255 g/mol. The molecule has 1 aliphatic carbocycles. The quantitative estimate of drug-likeness (QED) is 0.705. The zero-order valence-corrected chi connectivity index (χ0v) is 11.5. The predicted octanol–water partition coefficient (Wildman–Crippen LogP) is -0.346. The second kappa shape index (κ2) is 5.55. The summed E-state index contributed by atoms with van der Waals surface area (Å²) in [7, 11) is 0. The summed E-state index contributed by atoms with van der Waals surface area (Å²) in [4.78, 5) is 16.8. The molecule has 2 N–H and O–H groups in total. The molecule has 1 saturated heterocycles. The van der Waals surface area contributed by atoms with Gasteiger partial charge in [0.05, 0.1) is 12.1 Å².